The van der Waals surface area contributed by atoms with Gasteiger partial charge in [0, 0.05) is 11.6 Å². The van der Waals surface area contributed by atoms with Gasteiger partial charge in [0.2, 0.25) is 0 Å². The first-order valence-electron chi connectivity index (χ1n) is 7.25. The van der Waals surface area contributed by atoms with Crippen molar-refractivity contribution in [3.63, 3.8) is 0 Å². The van der Waals surface area contributed by atoms with Crippen LogP contribution in [0, 0.1) is 0 Å². The molecule has 0 saturated carbocycles. The predicted octanol–water partition coefficient (Wildman–Crippen LogP) is 4.02. The summed E-state index contributed by atoms with van der Waals surface area (Å²) < 4.78 is 9.03. The van der Waals surface area contributed by atoms with E-state index >= 15 is 0 Å². The lowest BCUT2D eigenvalue weighted by Gasteiger charge is -2.21. The smallest absolute Gasteiger partial charge is 0.196 e. The summed E-state index contributed by atoms with van der Waals surface area (Å²) in [6, 6.07) is 10.3. The Morgan fingerprint density at radius 2 is 1.79 bits per heavy atom. The first kappa shape index (κ1) is 16.5. The zero-order valence-corrected chi connectivity index (χ0v) is 14.8. The van der Waals surface area contributed by atoms with Gasteiger partial charge in [-0.05, 0) is 17.2 Å². The summed E-state index contributed by atoms with van der Waals surface area (Å²) in [4.78, 5) is 26.3. The Balaban J connectivity index is 2.29. The van der Waals surface area contributed by atoms with Gasteiger partial charge < -0.3 is 9.47 Å². The third-order valence-corrected chi connectivity index (χ3v) is 5.33. The van der Waals surface area contributed by atoms with Gasteiger partial charge >= 0.3 is 0 Å². The summed E-state index contributed by atoms with van der Waals surface area (Å²) in [5.41, 5.74) is 1.83. The molecule has 0 N–H and O–H groups in total. The molecule has 0 bridgehead atoms. The van der Waals surface area contributed by atoms with Crippen LogP contribution in [0.25, 0.3) is 6.08 Å². The molecular formula is C19H15BrO4. The number of methoxy groups -OCH3 is 2. The van der Waals surface area contributed by atoms with Crippen molar-refractivity contribution < 1.29 is 19.1 Å². The molecule has 122 valence electrons. The number of benzene rings is 2. The number of alkyl halides is 1. The first-order chi connectivity index (χ1) is 11.5. The maximum absolute atomic E-state index is 13.2. The summed E-state index contributed by atoms with van der Waals surface area (Å²) in [5.74, 6) is 0.0888. The fraction of sp³-hybridized carbons (Fsp3) is 0.158. The molecule has 24 heavy (non-hydrogen) atoms. The Morgan fingerprint density at radius 3 is 2.42 bits per heavy atom. The Kier molecular flexibility index (Phi) is 4.05. The van der Waals surface area contributed by atoms with Gasteiger partial charge in [-0.25, -0.2) is 0 Å². The van der Waals surface area contributed by atoms with Crippen LogP contribution in [0.15, 0.2) is 43.0 Å². The third kappa shape index (κ3) is 2.12. The number of ketones is 2. The Hall–Kier alpha value is -2.40. The fourth-order valence-corrected chi connectivity index (χ4v) is 3.75. The monoisotopic (exact) mass is 386 g/mol. The van der Waals surface area contributed by atoms with E-state index in [9.17, 15) is 9.59 Å². The molecule has 5 heteroatoms. The standard InChI is InChI=1S/C19H15BrO4/c1-4-11-7-5-6-8-14(11)19(20)17(21)13-9-12(23-2)10-15(24-3)16(13)18(19)22/h4-10H,1H2,2-3H3. The second-order valence-corrected chi connectivity index (χ2v) is 6.55. The van der Waals surface area contributed by atoms with Crippen LogP contribution in [0.4, 0.5) is 0 Å². The largest absolute Gasteiger partial charge is 0.497 e. The van der Waals surface area contributed by atoms with Crippen molar-refractivity contribution in [3.8, 4) is 11.5 Å². The molecule has 1 aliphatic rings. The molecule has 0 saturated heterocycles. The molecule has 2 aromatic carbocycles. The number of carbonyl (C=O) groups excluding carboxylic acids is 2. The van der Waals surface area contributed by atoms with Gasteiger partial charge in [0.25, 0.3) is 0 Å². The lowest BCUT2D eigenvalue weighted by Crippen LogP contribution is -2.32. The fourth-order valence-electron chi connectivity index (χ4n) is 2.98. The van der Waals surface area contributed by atoms with Crippen LogP contribution in [0.3, 0.4) is 0 Å². The molecule has 2 aromatic rings. The second kappa shape index (κ2) is 5.91. The molecule has 0 fully saturated rings. The lowest BCUT2D eigenvalue weighted by atomic mass is 9.90. The van der Waals surface area contributed by atoms with E-state index in [2.05, 4.69) is 22.5 Å². The van der Waals surface area contributed by atoms with Gasteiger partial charge in [0.05, 0.1) is 19.8 Å². The molecule has 3 rings (SSSR count). The molecule has 0 spiro atoms. The molecule has 0 radical (unpaired) electrons. The topological polar surface area (TPSA) is 52.6 Å². The van der Waals surface area contributed by atoms with Gasteiger partial charge in [-0.3, -0.25) is 9.59 Å². The maximum Gasteiger partial charge on any atom is 0.196 e. The summed E-state index contributed by atoms with van der Waals surface area (Å²) in [5, 5.41) is 0. The summed E-state index contributed by atoms with van der Waals surface area (Å²) in [6.45, 7) is 3.77. The molecule has 1 atom stereocenters. The average molecular weight is 387 g/mol. The van der Waals surface area contributed by atoms with Gasteiger partial charge in [-0.1, -0.05) is 52.9 Å². The molecule has 0 aliphatic heterocycles. The Labute approximate surface area is 148 Å². The van der Waals surface area contributed by atoms with Crippen molar-refractivity contribution in [2.75, 3.05) is 14.2 Å². The van der Waals surface area contributed by atoms with E-state index in [1.165, 1.54) is 14.2 Å². The van der Waals surface area contributed by atoms with Crippen LogP contribution in [0.1, 0.15) is 31.8 Å². The van der Waals surface area contributed by atoms with Crippen molar-refractivity contribution in [3.05, 3.63) is 65.2 Å². The van der Waals surface area contributed by atoms with E-state index in [0.717, 1.165) is 5.56 Å². The number of fused-ring (bicyclic) bond motifs is 1. The van der Waals surface area contributed by atoms with E-state index in [1.54, 1.807) is 30.3 Å². The predicted molar refractivity (Wildman–Crippen MR) is 95.3 cm³/mol. The normalized spacial score (nSPS) is 19.1. The van der Waals surface area contributed by atoms with Crippen LogP contribution in [0.2, 0.25) is 0 Å². The third-order valence-electron chi connectivity index (χ3n) is 4.18. The number of ether oxygens (including phenoxy) is 2. The minimum absolute atomic E-state index is 0.263. The highest BCUT2D eigenvalue weighted by atomic mass is 79.9. The van der Waals surface area contributed by atoms with Gasteiger partial charge in [-0.15, -0.1) is 0 Å². The van der Waals surface area contributed by atoms with Crippen molar-refractivity contribution in [2.45, 2.75) is 4.32 Å². The molecule has 0 heterocycles. The van der Waals surface area contributed by atoms with E-state index in [-0.39, 0.29) is 22.7 Å². The van der Waals surface area contributed by atoms with E-state index in [1.807, 2.05) is 12.1 Å². The van der Waals surface area contributed by atoms with E-state index < -0.39 is 4.32 Å². The van der Waals surface area contributed by atoms with Crippen LogP contribution in [-0.2, 0) is 4.32 Å². The quantitative estimate of drug-likeness (QED) is 0.588. The zero-order valence-electron chi connectivity index (χ0n) is 13.3. The first-order valence-corrected chi connectivity index (χ1v) is 8.04. The van der Waals surface area contributed by atoms with E-state index in [4.69, 9.17) is 9.47 Å². The summed E-state index contributed by atoms with van der Waals surface area (Å²) in [7, 11) is 2.95. The number of halogens is 1. The molecule has 4 nitrogen and oxygen atoms in total. The van der Waals surface area contributed by atoms with Crippen LogP contribution >= 0.6 is 15.9 Å². The van der Waals surface area contributed by atoms with Crippen LogP contribution < -0.4 is 9.47 Å². The Morgan fingerprint density at radius 1 is 1.08 bits per heavy atom. The van der Waals surface area contributed by atoms with Crippen LogP contribution in [0.5, 0.6) is 11.5 Å². The van der Waals surface area contributed by atoms with Gasteiger partial charge in [0.1, 0.15) is 11.5 Å². The molecule has 0 aromatic heterocycles. The molecule has 1 aliphatic carbocycles. The molecular weight excluding hydrogens is 372 g/mol. The maximum atomic E-state index is 13.2. The summed E-state index contributed by atoms with van der Waals surface area (Å²) >= 11 is 3.42. The number of rotatable bonds is 4. The van der Waals surface area contributed by atoms with Crippen molar-refractivity contribution in [2.24, 2.45) is 0 Å². The van der Waals surface area contributed by atoms with E-state index in [0.29, 0.717) is 17.1 Å². The highest BCUT2D eigenvalue weighted by Crippen LogP contribution is 2.49. The van der Waals surface area contributed by atoms with Gasteiger partial charge in [0.15, 0.2) is 15.9 Å². The number of Topliss-reactive ketones (excluding diaryl/α,β-unsaturated/α-hetero) is 2. The highest BCUT2D eigenvalue weighted by Gasteiger charge is 2.54. The number of hydrogen-bond donors (Lipinski definition) is 0. The minimum Gasteiger partial charge on any atom is -0.497 e. The Bertz CT molecular complexity index is 872. The number of carbonyl (C=O) groups is 2. The van der Waals surface area contributed by atoms with Crippen molar-refractivity contribution in [1.29, 1.82) is 0 Å². The van der Waals surface area contributed by atoms with Gasteiger partial charge in [-0.2, -0.15) is 0 Å². The van der Waals surface area contributed by atoms with Crippen molar-refractivity contribution >= 4 is 33.6 Å². The molecule has 0 amide bonds. The lowest BCUT2D eigenvalue weighted by molar-refractivity contribution is 0.0870. The average Bonchev–Trinajstić information content (AvgIpc) is 2.83. The zero-order chi connectivity index (χ0) is 17.5. The summed E-state index contributed by atoms with van der Waals surface area (Å²) in [6.07, 6.45) is 1.62. The molecule has 1 unspecified atom stereocenters. The highest BCUT2D eigenvalue weighted by molar-refractivity contribution is 9.10. The number of hydrogen-bond acceptors (Lipinski definition) is 4. The SMILES string of the molecule is C=Cc1ccccc1C1(Br)C(=O)c2cc(OC)cc(OC)c2C1=O. The minimum atomic E-state index is -1.49. The van der Waals surface area contributed by atoms with Crippen LogP contribution in [-0.4, -0.2) is 25.8 Å². The second-order valence-electron chi connectivity index (χ2n) is 5.36. The van der Waals surface area contributed by atoms with Crippen molar-refractivity contribution in [1.82, 2.24) is 0 Å².